The van der Waals surface area contributed by atoms with E-state index in [1.54, 1.807) is 11.3 Å². The monoisotopic (exact) mass is 269 g/mol. The maximum Gasteiger partial charge on any atom is 0.134 e. The molecule has 0 aliphatic rings. The number of nitrogens with one attached hydrogen (secondary N) is 1. The van der Waals surface area contributed by atoms with E-state index in [2.05, 4.69) is 41.3 Å². The molecule has 0 saturated heterocycles. The molecule has 1 aromatic carbocycles. The summed E-state index contributed by atoms with van der Waals surface area (Å²) in [5.74, 6) is 0.915. The van der Waals surface area contributed by atoms with Gasteiger partial charge in [-0.2, -0.15) is 0 Å². The number of nitrogens with zero attached hydrogens (tertiary/aromatic N) is 2. The van der Waals surface area contributed by atoms with Crippen LogP contribution in [0.4, 0.5) is 5.82 Å². The van der Waals surface area contributed by atoms with Crippen LogP contribution in [0.5, 0.6) is 0 Å². The topological polar surface area (TPSA) is 37.8 Å². The summed E-state index contributed by atoms with van der Waals surface area (Å²) in [6, 6.07) is 10.5. The van der Waals surface area contributed by atoms with E-state index in [1.807, 2.05) is 30.6 Å². The molecule has 0 radical (unpaired) electrons. The second-order valence-electron chi connectivity index (χ2n) is 4.56. The van der Waals surface area contributed by atoms with Crippen LogP contribution in [0.2, 0.25) is 0 Å². The second kappa shape index (κ2) is 4.97. The summed E-state index contributed by atoms with van der Waals surface area (Å²) in [4.78, 5) is 10.1. The summed E-state index contributed by atoms with van der Waals surface area (Å²) in [5.41, 5.74) is 0. The van der Waals surface area contributed by atoms with Gasteiger partial charge in [0.1, 0.15) is 10.8 Å². The van der Waals surface area contributed by atoms with Crippen LogP contribution in [-0.4, -0.2) is 9.97 Å². The fourth-order valence-electron chi connectivity index (χ4n) is 2.07. The summed E-state index contributed by atoms with van der Waals surface area (Å²) in [6.45, 7) is 4.19. The van der Waals surface area contributed by atoms with Gasteiger partial charge < -0.3 is 5.32 Å². The van der Waals surface area contributed by atoms with Crippen LogP contribution < -0.4 is 5.32 Å². The SMILES string of the molecule is Cc1cnc(C(C)Nc2nccc3ccccc23)s1. The van der Waals surface area contributed by atoms with Crippen LogP contribution in [0.15, 0.2) is 42.7 Å². The average Bonchev–Trinajstić information content (AvgIpc) is 2.86. The van der Waals surface area contributed by atoms with Gasteiger partial charge in [0.05, 0.1) is 6.04 Å². The molecule has 2 aromatic heterocycles. The Morgan fingerprint density at radius 3 is 2.79 bits per heavy atom. The van der Waals surface area contributed by atoms with Gasteiger partial charge in [-0.1, -0.05) is 24.3 Å². The summed E-state index contributed by atoms with van der Waals surface area (Å²) >= 11 is 1.72. The third kappa shape index (κ3) is 2.44. The standard InChI is InChI=1S/C15H15N3S/c1-10-9-17-15(19-10)11(2)18-14-13-6-4-3-5-12(13)7-8-16-14/h3-9,11H,1-2H3,(H,16,18). The maximum atomic E-state index is 4.44. The molecule has 3 rings (SSSR count). The van der Waals surface area contributed by atoms with Gasteiger partial charge in [-0.05, 0) is 25.3 Å². The summed E-state index contributed by atoms with van der Waals surface area (Å²) in [5, 5.41) is 6.88. The number of pyridine rings is 1. The fourth-order valence-corrected chi connectivity index (χ4v) is 2.85. The fraction of sp³-hybridized carbons (Fsp3) is 0.200. The number of hydrogen-bond acceptors (Lipinski definition) is 4. The van der Waals surface area contributed by atoms with Gasteiger partial charge in [0, 0.05) is 22.7 Å². The first-order valence-electron chi connectivity index (χ1n) is 6.26. The van der Waals surface area contributed by atoms with Crippen molar-refractivity contribution in [2.24, 2.45) is 0 Å². The molecule has 0 spiro atoms. The highest BCUT2D eigenvalue weighted by atomic mass is 32.1. The molecule has 0 aliphatic heterocycles. The van der Waals surface area contributed by atoms with E-state index in [0.717, 1.165) is 16.2 Å². The Morgan fingerprint density at radius 1 is 1.16 bits per heavy atom. The molecule has 0 bridgehead atoms. The molecule has 1 atom stereocenters. The number of hydrogen-bond donors (Lipinski definition) is 1. The minimum Gasteiger partial charge on any atom is -0.361 e. The lowest BCUT2D eigenvalue weighted by Crippen LogP contribution is -2.07. The van der Waals surface area contributed by atoms with Gasteiger partial charge in [0.25, 0.3) is 0 Å². The number of aromatic nitrogens is 2. The largest absolute Gasteiger partial charge is 0.361 e. The van der Waals surface area contributed by atoms with Gasteiger partial charge >= 0.3 is 0 Å². The summed E-state index contributed by atoms with van der Waals surface area (Å²) < 4.78 is 0. The molecule has 0 aliphatic carbocycles. The van der Waals surface area contributed by atoms with E-state index in [9.17, 15) is 0 Å². The third-order valence-electron chi connectivity index (χ3n) is 3.04. The first-order chi connectivity index (χ1) is 9.24. The Labute approximate surface area is 116 Å². The van der Waals surface area contributed by atoms with Crippen LogP contribution >= 0.6 is 11.3 Å². The van der Waals surface area contributed by atoms with Crippen molar-refractivity contribution in [1.82, 2.24) is 9.97 Å². The molecule has 19 heavy (non-hydrogen) atoms. The highest BCUT2D eigenvalue weighted by Gasteiger charge is 2.11. The van der Waals surface area contributed by atoms with Crippen molar-refractivity contribution in [1.29, 1.82) is 0 Å². The second-order valence-corrected chi connectivity index (χ2v) is 5.82. The van der Waals surface area contributed by atoms with Gasteiger partial charge in [-0.3, -0.25) is 0 Å². The Balaban J connectivity index is 1.93. The Bertz CT molecular complexity index is 700. The number of benzene rings is 1. The zero-order chi connectivity index (χ0) is 13.2. The van der Waals surface area contributed by atoms with Gasteiger partial charge in [0.2, 0.25) is 0 Å². The third-order valence-corrected chi connectivity index (χ3v) is 4.13. The number of fused-ring (bicyclic) bond motifs is 1. The molecular formula is C15H15N3S. The van der Waals surface area contributed by atoms with E-state index in [-0.39, 0.29) is 6.04 Å². The molecule has 1 N–H and O–H groups in total. The normalized spacial score (nSPS) is 12.5. The number of rotatable bonds is 3. The molecular weight excluding hydrogens is 254 g/mol. The van der Waals surface area contributed by atoms with E-state index in [0.29, 0.717) is 0 Å². The molecule has 2 heterocycles. The lowest BCUT2D eigenvalue weighted by Gasteiger charge is -2.13. The molecule has 1 unspecified atom stereocenters. The quantitative estimate of drug-likeness (QED) is 0.775. The van der Waals surface area contributed by atoms with Gasteiger partial charge in [-0.25, -0.2) is 9.97 Å². The predicted octanol–water partition coefficient (Wildman–Crippen LogP) is 4.17. The molecule has 3 nitrogen and oxygen atoms in total. The van der Waals surface area contributed by atoms with Crippen molar-refractivity contribution >= 4 is 27.9 Å². The van der Waals surface area contributed by atoms with Crippen molar-refractivity contribution in [3.8, 4) is 0 Å². The van der Waals surface area contributed by atoms with Crippen molar-refractivity contribution in [3.63, 3.8) is 0 Å². The number of anilines is 1. The highest BCUT2D eigenvalue weighted by Crippen LogP contribution is 2.26. The lowest BCUT2D eigenvalue weighted by atomic mass is 10.1. The Morgan fingerprint density at radius 2 is 2.00 bits per heavy atom. The van der Waals surface area contributed by atoms with Crippen LogP contribution in [0.25, 0.3) is 10.8 Å². The lowest BCUT2D eigenvalue weighted by molar-refractivity contribution is 0.863. The summed E-state index contributed by atoms with van der Waals surface area (Å²) in [6.07, 6.45) is 3.75. The van der Waals surface area contributed by atoms with Gasteiger partial charge in [0.15, 0.2) is 0 Å². The molecule has 96 valence electrons. The molecule has 3 aromatic rings. The first-order valence-corrected chi connectivity index (χ1v) is 7.08. The van der Waals surface area contributed by atoms with Crippen LogP contribution in [0.3, 0.4) is 0 Å². The smallest absolute Gasteiger partial charge is 0.134 e. The van der Waals surface area contributed by atoms with Crippen LogP contribution in [-0.2, 0) is 0 Å². The Kier molecular flexibility index (Phi) is 3.17. The zero-order valence-electron chi connectivity index (χ0n) is 10.9. The van der Waals surface area contributed by atoms with E-state index in [1.165, 1.54) is 10.3 Å². The highest BCUT2D eigenvalue weighted by molar-refractivity contribution is 7.11. The van der Waals surface area contributed by atoms with Crippen molar-refractivity contribution in [2.45, 2.75) is 19.9 Å². The predicted molar refractivity (Wildman–Crippen MR) is 80.6 cm³/mol. The molecule has 0 amide bonds. The minimum absolute atomic E-state index is 0.164. The van der Waals surface area contributed by atoms with E-state index in [4.69, 9.17) is 0 Å². The van der Waals surface area contributed by atoms with E-state index < -0.39 is 0 Å². The molecule has 0 saturated carbocycles. The van der Waals surface area contributed by atoms with Crippen LogP contribution in [0, 0.1) is 6.92 Å². The van der Waals surface area contributed by atoms with Crippen molar-refractivity contribution in [2.75, 3.05) is 5.32 Å². The molecule has 4 heteroatoms. The van der Waals surface area contributed by atoms with Gasteiger partial charge in [-0.15, -0.1) is 11.3 Å². The zero-order valence-corrected chi connectivity index (χ0v) is 11.7. The number of aryl methyl sites for hydroxylation is 1. The van der Waals surface area contributed by atoms with E-state index >= 15 is 0 Å². The summed E-state index contributed by atoms with van der Waals surface area (Å²) in [7, 11) is 0. The van der Waals surface area contributed by atoms with Crippen molar-refractivity contribution in [3.05, 3.63) is 52.6 Å². The Hall–Kier alpha value is -1.94. The van der Waals surface area contributed by atoms with Crippen LogP contribution in [0.1, 0.15) is 22.9 Å². The first kappa shape index (κ1) is 12.1. The maximum absolute atomic E-state index is 4.44. The average molecular weight is 269 g/mol. The number of thiazole rings is 1. The van der Waals surface area contributed by atoms with Crippen molar-refractivity contribution < 1.29 is 0 Å². The minimum atomic E-state index is 0.164. The molecule has 0 fully saturated rings.